The lowest BCUT2D eigenvalue weighted by Gasteiger charge is -2.19. The number of hydrogen-bond donors (Lipinski definition) is 0. The summed E-state index contributed by atoms with van der Waals surface area (Å²) in [7, 11) is 5.65. The van der Waals surface area contributed by atoms with Crippen molar-refractivity contribution >= 4 is 7.98 Å². The van der Waals surface area contributed by atoms with Crippen LogP contribution in [0.5, 0.6) is 0 Å². The van der Waals surface area contributed by atoms with Crippen LogP contribution < -0.4 is 0 Å². The van der Waals surface area contributed by atoms with Gasteiger partial charge in [0, 0.05) is 6.54 Å². The average Bonchev–Trinajstić information content (AvgIpc) is 2.28. The number of allylic oxidation sites excluding steroid dienone is 1. The Labute approximate surface area is 107 Å². The lowest BCUT2D eigenvalue weighted by atomic mass is 10.1. The van der Waals surface area contributed by atoms with Crippen molar-refractivity contribution in [1.29, 1.82) is 0 Å². The van der Waals surface area contributed by atoms with Crippen molar-refractivity contribution in [3.8, 4) is 0 Å². The van der Waals surface area contributed by atoms with Gasteiger partial charge in [-0.05, 0) is 43.2 Å². The second kappa shape index (κ2) is 5.98. The highest BCUT2D eigenvalue weighted by molar-refractivity contribution is 6.05. The van der Waals surface area contributed by atoms with Gasteiger partial charge in [-0.3, -0.25) is 0 Å². The van der Waals surface area contributed by atoms with E-state index >= 15 is 0 Å². The molecule has 0 spiro atoms. The number of halogens is 3. The first-order valence-corrected chi connectivity index (χ1v) is 5.64. The molecule has 5 heteroatoms. The minimum Gasteiger partial charge on any atom is -0.429 e. The van der Waals surface area contributed by atoms with Crippen molar-refractivity contribution in [2.24, 2.45) is 0 Å². The van der Waals surface area contributed by atoms with Gasteiger partial charge in [-0.15, -0.1) is 0 Å². The summed E-state index contributed by atoms with van der Waals surface area (Å²) in [5, 5.41) is 0. The molecular formula is C13H15BF3N. The second-order valence-corrected chi connectivity index (χ2v) is 4.23. The van der Waals surface area contributed by atoms with Gasteiger partial charge in [-0.2, -0.15) is 13.2 Å². The fourth-order valence-electron chi connectivity index (χ4n) is 1.50. The van der Waals surface area contributed by atoms with Crippen LogP contribution in [0.1, 0.15) is 24.5 Å². The molecule has 0 amide bonds. The highest BCUT2D eigenvalue weighted by Gasteiger charge is 2.29. The Bertz CT molecular complexity index is 398. The summed E-state index contributed by atoms with van der Waals surface area (Å²) >= 11 is 0. The zero-order valence-corrected chi connectivity index (χ0v) is 10.3. The van der Waals surface area contributed by atoms with E-state index in [4.69, 9.17) is 7.98 Å². The predicted octanol–water partition coefficient (Wildman–Crippen LogP) is 3.56. The van der Waals surface area contributed by atoms with E-state index in [2.05, 4.69) is 6.58 Å². The van der Waals surface area contributed by atoms with Crippen molar-refractivity contribution in [3.63, 3.8) is 0 Å². The fourth-order valence-corrected chi connectivity index (χ4v) is 1.50. The predicted molar refractivity (Wildman–Crippen MR) is 67.0 cm³/mol. The molecule has 0 saturated carbocycles. The van der Waals surface area contributed by atoms with E-state index < -0.39 is 11.7 Å². The molecule has 0 saturated heterocycles. The van der Waals surface area contributed by atoms with Crippen LogP contribution in [0.3, 0.4) is 0 Å². The average molecular weight is 253 g/mol. The molecule has 0 aliphatic heterocycles. The normalized spacial score (nSPS) is 11.3. The van der Waals surface area contributed by atoms with Crippen LogP contribution in [0.2, 0.25) is 0 Å². The molecule has 1 aromatic rings. The smallest absolute Gasteiger partial charge is 0.416 e. The lowest BCUT2D eigenvalue weighted by molar-refractivity contribution is -0.137. The zero-order chi connectivity index (χ0) is 13.8. The third-order valence-electron chi connectivity index (χ3n) is 2.64. The molecule has 0 atom stereocenters. The van der Waals surface area contributed by atoms with Gasteiger partial charge in [0.1, 0.15) is 0 Å². The summed E-state index contributed by atoms with van der Waals surface area (Å²) in [5.74, 6) is 0. The first-order chi connectivity index (χ1) is 8.30. The molecule has 0 unspecified atom stereocenters. The first-order valence-electron chi connectivity index (χ1n) is 5.64. The number of hydrogen-bond acceptors (Lipinski definition) is 1. The maximum atomic E-state index is 12.3. The molecule has 96 valence electrons. The third kappa shape index (κ3) is 4.47. The van der Waals surface area contributed by atoms with Crippen LogP contribution in [-0.2, 0) is 12.6 Å². The molecule has 0 fully saturated rings. The van der Waals surface area contributed by atoms with Crippen molar-refractivity contribution in [2.75, 3.05) is 6.54 Å². The topological polar surface area (TPSA) is 3.24 Å². The van der Waals surface area contributed by atoms with Gasteiger partial charge in [-0.25, -0.2) is 0 Å². The summed E-state index contributed by atoms with van der Waals surface area (Å²) in [6.07, 6.45) is -2.81. The number of rotatable bonds is 5. The highest BCUT2D eigenvalue weighted by Crippen LogP contribution is 2.29. The van der Waals surface area contributed by atoms with Crippen LogP contribution >= 0.6 is 0 Å². The van der Waals surface area contributed by atoms with E-state index in [0.717, 1.165) is 29.8 Å². The molecule has 0 bridgehead atoms. The number of nitrogens with zero attached hydrogens (tertiary/aromatic N) is 1. The molecule has 0 N–H and O–H groups in total. The van der Waals surface area contributed by atoms with Crippen molar-refractivity contribution in [3.05, 3.63) is 47.7 Å². The summed E-state index contributed by atoms with van der Waals surface area (Å²) in [4.78, 5) is 1.53. The monoisotopic (exact) mass is 253 g/mol. The maximum absolute atomic E-state index is 12.3. The molecule has 0 heterocycles. The van der Waals surface area contributed by atoms with E-state index in [9.17, 15) is 13.2 Å². The second-order valence-electron chi connectivity index (χ2n) is 4.23. The standard InChI is InChI=1S/C13H15BF3N/c1-10(2)18(14)9-3-4-11-5-7-12(8-6-11)13(15,16)17/h5-8H,1,3-4,9H2,2H3. The highest BCUT2D eigenvalue weighted by atomic mass is 19.4. The quantitative estimate of drug-likeness (QED) is 0.725. The summed E-state index contributed by atoms with van der Waals surface area (Å²) in [6, 6.07) is 5.22. The third-order valence-corrected chi connectivity index (χ3v) is 2.64. The molecule has 1 rings (SSSR count). The van der Waals surface area contributed by atoms with E-state index in [-0.39, 0.29) is 0 Å². The van der Waals surface area contributed by atoms with E-state index in [1.54, 1.807) is 6.92 Å². The van der Waals surface area contributed by atoms with Gasteiger partial charge in [0.2, 0.25) is 7.98 Å². The number of alkyl halides is 3. The molecule has 0 aliphatic rings. The molecule has 1 nitrogen and oxygen atoms in total. The van der Waals surface area contributed by atoms with Crippen molar-refractivity contribution < 1.29 is 13.2 Å². The lowest BCUT2D eigenvalue weighted by Crippen LogP contribution is -2.18. The summed E-state index contributed by atoms with van der Waals surface area (Å²) < 4.78 is 37.0. The van der Waals surface area contributed by atoms with Crippen molar-refractivity contribution in [1.82, 2.24) is 4.81 Å². The molecule has 1 aromatic carbocycles. The van der Waals surface area contributed by atoms with Gasteiger partial charge < -0.3 is 4.81 Å². The Morgan fingerprint density at radius 1 is 1.28 bits per heavy atom. The van der Waals surface area contributed by atoms with Crippen LogP contribution in [0.15, 0.2) is 36.5 Å². The van der Waals surface area contributed by atoms with Crippen molar-refractivity contribution in [2.45, 2.75) is 25.9 Å². The van der Waals surface area contributed by atoms with Gasteiger partial charge in [0.05, 0.1) is 5.56 Å². The van der Waals surface area contributed by atoms with Crippen LogP contribution in [-0.4, -0.2) is 19.3 Å². The number of aryl methyl sites for hydroxylation is 1. The minimum absolute atomic E-state index is 0.617. The van der Waals surface area contributed by atoms with E-state index in [0.29, 0.717) is 13.0 Å². The van der Waals surface area contributed by atoms with Crippen LogP contribution in [0.4, 0.5) is 13.2 Å². The Morgan fingerprint density at radius 2 is 1.83 bits per heavy atom. The minimum atomic E-state index is -4.27. The SMILES string of the molecule is [B]N(CCCc1ccc(C(F)(F)F)cc1)C(=C)C. The van der Waals surface area contributed by atoms with Gasteiger partial charge >= 0.3 is 6.18 Å². The van der Waals surface area contributed by atoms with Gasteiger partial charge in [-0.1, -0.05) is 18.7 Å². The molecule has 18 heavy (non-hydrogen) atoms. The summed E-state index contributed by atoms with van der Waals surface area (Å²) in [6.45, 7) is 6.13. The Kier molecular flexibility index (Phi) is 4.88. The van der Waals surface area contributed by atoms with Crippen LogP contribution in [0, 0.1) is 0 Å². The van der Waals surface area contributed by atoms with Crippen LogP contribution in [0.25, 0.3) is 0 Å². The van der Waals surface area contributed by atoms with Gasteiger partial charge in [0.15, 0.2) is 0 Å². The molecule has 2 radical (unpaired) electrons. The Morgan fingerprint density at radius 3 is 2.28 bits per heavy atom. The fraction of sp³-hybridized carbons (Fsp3) is 0.385. The molecule has 0 aromatic heterocycles. The maximum Gasteiger partial charge on any atom is 0.416 e. The zero-order valence-electron chi connectivity index (χ0n) is 10.3. The molecular weight excluding hydrogens is 238 g/mol. The summed E-state index contributed by atoms with van der Waals surface area (Å²) in [5.41, 5.74) is 1.02. The molecule has 0 aliphatic carbocycles. The number of benzene rings is 1. The largest absolute Gasteiger partial charge is 0.429 e. The Balaban J connectivity index is 2.47. The first kappa shape index (κ1) is 14.7. The van der Waals surface area contributed by atoms with Gasteiger partial charge in [0.25, 0.3) is 0 Å². The Hall–Kier alpha value is -1.39. The van der Waals surface area contributed by atoms with E-state index in [1.165, 1.54) is 16.9 Å². The van der Waals surface area contributed by atoms with E-state index in [1.807, 2.05) is 0 Å².